The Morgan fingerprint density at radius 3 is 2.07 bits per heavy atom. The van der Waals surface area contributed by atoms with Gasteiger partial charge in [-0.1, -0.05) is 34.1 Å². The average Bonchev–Trinajstić information content (AvgIpc) is 1.95. The highest BCUT2D eigenvalue weighted by Gasteiger charge is 2.27. The van der Waals surface area contributed by atoms with Gasteiger partial charge in [-0.05, 0) is 42.8 Å². The maximum atomic E-state index is 2.35. The van der Waals surface area contributed by atoms with E-state index in [9.17, 15) is 0 Å². The third-order valence-corrected chi connectivity index (χ3v) is 4.67. The molecular formula is C13H26S. The molecule has 1 atom stereocenters. The predicted molar refractivity (Wildman–Crippen MR) is 67.9 cm³/mol. The van der Waals surface area contributed by atoms with Crippen LogP contribution in [0.5, 0.6) is 0 Å². The van der Waals surface area contributed by atoms with Crippen LogP contribution in [0.3, 0.4) is 0 Å². The minimum absolute atomic E-state index is 0.813. The molecule has 1 rings (SSSR count). The van der Waals surface area contributed by atoms with E-state index in [1.165, 1.54) is 32.1 Å². The van der Waals surface area contributed by atoms with Gasteiger partial charge >= 0.3 is 0 Å². The van der Waals surface area contributed by atoms with E-state index in [2.05, 4.69) is 39.5 Å². The lowest BCUT2D eigenvalue weighted by molar-refractivity contribution is 0.291. The van der Waals surface area contributed by atoms with E-state index >= 15 is 0 Å². The molecule has 1 saturated carbocycles. The van der Waals surface area contributed by atoms with E-state index in [0.29, 0.717) is 0 Å². The molecule has 1 heteroatoms. The normalized spacial score (nSPS) is 20.1. The Morgan fingerprint density at radius 2 is 1.71 bits per heavy atom. The molecule has 0 spiro atoms. The highest BCUT2D eigenvalue weighted by Crippen LogP contribution is 2.39. The Morgan fingerprint density at radius 1 is 1.07 bits per heavy atom. The summed E-state index contributed by atoms with van der Waals surface area (Å²) in [4.78, 5) is 0. The van der Waals surface area contributed by atoms with Crippen LogP contribution in [0.25, 0.3) is 0 Å². The van der Waals surface area contributed by atoms with Crippen molar-refractivity contribution in [1.82, 2.24) is 0 Å². The molecule has 0 saturated heterocycles. The number of hydrogen-bond acceptors (Lipinski definition) is 1. The van der Waals surface area contributed by atoms with E-state index in [4.69, 9.17) is 0 Å². The standard InChI is InChI=1S/C13H26S/c1-10(2)8-9-13(14-11(3)4)12-6-5-7-12/h10-13H,5-9H2,1-4H3/t13-/m1/s1. The Hall–Kier alpha value is 0.350. The Kier molecular flexibility index (Phi) is 5.36. The zero-order valence-electron chi connectivity index (χ0n) is 10.3. The summed E-state index contributed by atoms with van der Waals surface area (Å²) < 4.78 is 0. The van der Waals surface area contributed by atoms with Crippen LogP contribution in [0.2, 0.25) is 0 Å². The minimum Gasteiger partial charge on any atom is -0.155 e. The first kappa shape index (κ1) is 12.4. The molecule has 0 unspecified atom stereocenters. The van der Waals surface area contributed by atoms with Gasteiger partial charge in [-0.3, -0.25) is 0 Å². The Bertz CT molecular complexity index is 147. The molecule has 1 aliphatic rings. The monoisotopic (exact) mass is 214 g/mol. The van der Waals surface area contributed by atoms with Crippen molar-refractivity contribution in [3.63, 3.8) is 0 Å². The first-order valence-corrected chi connectivity index (χ1v) is 7.19. The molecule has 0 amide bonds. The Balaban J connectivity index is 2.28. The lowest BCUT2D eigenvalue weighted by atomic mass is 9.81. The summed E-state index contributed by atoms with van der Waals surface area (Å²) in [6, 6.07) is 0. The number of hydrogen-bond donors (Lipinski definition) is 0. The fraction of sp³-hybridized carbons (Fsp3) is 1.00. The van der Waals surface area contributed by atoms with Gasteiger partial charge in [0.15, 0.2) is 0 Å². The van der Waals surface area contributed by atoms with Gasteiger partial charge in [0.25, 0.3) is 0 Å². The molecule has 0 nitrogen and oxygen atoms in total. The van der Waals surface area contributed by atoms with E-state index < -0.39 is 0 Å². The van der Waals surface area contributed by atoms with Crippen LogP contribution in [-0.2, 0) is 0 Å². The third kappa shape index (κ3) is 4.25. The van der Waals surface area contributed by atoms with Crippen LogP contribution in [0.15, 0.2) is 0 Å². The number of thioether (sulfide) groups is 1. The summed E-state index contributed by atoms with van der Waals surface area (Å²) in [5.74, 6) is 1.94. The van der Waals surface area contributed by atoms with Crippen molar-refractivity contribution in [2.75, 3.05) is 0 Å². The van der Waals surface area contributed by atoms with Gasteiger partial charge in [0.1, 0.15) is 0 Å². The van der Waals surface area contributed by atoms with Crippen LogP contribution in [0.1, 0.15) is 59.8 Å². The first-order valence-electron chi connectivity index (χ1n) is 6.25. The molecule has 0 aromatic rings. The highest BCUT2D eigenvalue weighted by atomic mass is 32.2. The van der Waals surface area contributed by atoms with Crippen molar-refractivity contribution in [2.24, 2.45) is 11.8 Å². The van der Waals surface area contributed by atoms with Gasteiger partial charge in [0, 0.05) is 5.25 Å². The third-order valence-electron chi connectivity index (χ3n) is 3.15. The molecule has 0 radical (unpaired) electrons. The van der Waals surface area contributed by atoms with Crippen LogP contribution in [-0.4, -0.2) is 10.5 Å². The molecule has 0 aromatic carbocycles. The second kappa shape index (κ2) is 6.05. The minimum atomic E-state index is 0.813. The van der Waals surface area contributed by atoms with Crippen molar-refractivity contribution in [1.29, 1.82) is 0 Å². The number of rotatable bonds is 6. The molecule has 0 N–H and O–H groups in total. The van der Waals surface area contributed by atoms with Crippen LogP contribution in [0.4, 0.5) is 0 Å². The lowest BCUT2D eigenvalue weighted by Gasteiger charge is -2.34. The lowest BCUT2D eigenvalue weighted by Crippen LogP contribution is -2.26. The van der Waals surface area contributed by atoms with Crippen molar-refractivity contribution in [3.05, 3.63) is 0 Å². The topological polar surface area (TPSA) is 0 Å². The van der Waals surface area contributed by atoms with E-state index in [-0.39, 0.29) is 0 Å². The van der Waals surface area contributed by atoms with Crippen molar-refractivity contribution >= 4 is 11.8 Å². The van der Waals surface area contributed by atoms with Gasteiger partial charge in [-0.2, -0.15) is 11.8 Å². The average molecular weight is 214 g/mol. The SMILES string of the molecule is CC(C)CC[C@@H](SC(C)C)C1CCC1. The van der Waals surface area contributed by atoms with E-state index in [1.54, 1.807) is 0 Å². The molecule has 0 bridgehead atoms. The fourth-order valence-electron chi connectivity index (χ4n) is 2.07. The van der Waals surface area contributed by atoms with Crippen LogP contribution < -0.4 is 0 Å². The molecule has 0 aliphatic heterocycles. The van der Waals surface area contributed by atoms with E-state index in [0.717, 1.165) is 22.3 Å². The van der Waals surface area contributed by atoms with Crippen molar-refractivity contribution in [3.8, 4) is 0 Å². The van der Waals surface area contributed by atoms with E-state index in [1.807, 2.05) is 0 Å². The van der Waals surface area contributed by atoms with Crippen LogP contribution in [0, 0.1) is 11.8 Å². The maximum absolute atomic E-state index is 2.35. The Labute approximate surface area is 94.2 Å². The van der Waals surface area contributed by atoms with Crippen molar-refractivity contribution < 1.29 is 0 Å². The highest BCUT2D eigenvalue weighted by molar-refractivity contribution is 8.00. The van der Waals surface area contributed by atoms with Gasteiger partial charge in [-0.25, -0.2) is 0 Å². The van der Waals surface area contributed by atoms with Crippen molar-refractivity contribution in [2.45, 2.75) is 70.3 Å². The molecular weight excluding hydrogens is 188 g/mol. The second-order valence-corrected chi connectivity index (χ2v) is 7.21. The predicted octanol–water partition coefficient (Wildman–Crippen LogP) is 4.73. The molecule has 0 aromatic heterocycles. The fourth-order valence-corrected chi connectivity index (χ4v) is 3.54. The summed E-state index contributed by atoms with van der Waals surface area (Å²) in [6.45, 7) is 9.37. The summed E-state index contributed by atoms with van der Waals surface area (Å²) in [7, 11) is 0. The van der Waals surface area contributed by atoms with Gasteiger partial charge in [0.05, 0.1) is 0 Å². The largest absolute Gasteiger partial charge is 0.155 e. The molecule has 84 valence electrons. The quantitative estimate of drug-likeness (QED) is 0.616. The molecule has 0 heterocycles. The van der Waals surface area contributed by atoms with Crippen LogP contribution >= 0.6 is 11.8 Å². The van der Waals surface area contributed by atoms with Gasteiger partial charge in [-0.15, -0.1) is 0 Å². The second-order valence-electron chi connectivity index (χ2n) is 5.39. The summed E-state index contributed by atoms with van der Waals surface area (Å²) >= 11 is 2.23. The first-order chi connectivity index (χ1) is 6.59. The zero-order valence-corrected chi connectivity index (χ0v) is 11.1. The summed E-state index contributed by atoms with van der Waals surface area (Å²) in [6.07, 6.45) is 7.36. The zero-order chi connectivity index (χ0) is 10.6. The molecule has 14 heavy (non-hydrogen) atoms. The van der Waals surface area contributed by atoms with Gasteiger partial charge < -0.3 is 0 Å². The summed E-state index contributed by atoms with van der Waals surface area (Å²) in [5, 5.41) is 1.78. The summed E-state index contributed by atoms with van der Waals surface area (Å²) in [5.41, 5.74) is 0. The molecule has 1 fully saturated rings. The molecule has 1 aliphatic carbocycles. The van der Waals surface area contributed by atoms with Gasteiger partial charge in [0.2, 0.25) is 0 Å². The maximum Gasteiger partial charge on any atom is 0.00779 e. The smallest absolute Gasteiger partial charge is 0.00779 e.